The Morgan fingerprint density at radius 2 is 1.72 bits per heavy atom. The van der Waals surface area contributed by atoms with Crippen LogP contribution in [0, 0.1) is 0 Å². The number of hydrogen-bond donors (Lipinski definition) is 2. The molecule has 4 heteroatoms. The second kappa shape index (κ2) is 6.40. The Kier molecular flexibility index (Phi) is 4.59. The van der Waals surface area contributed by atoms with Gasteiger partial charge in [0, 0.05) is 12.1 Å². The lowest BCUT2D eigenvalue weighted by atomic mass is 10.1. The second-order valence-electron chi connectivity index (χ2n) is 4.87. The molecule has 1 aliphatic heterocycles. The van der Waals surface area contributed by atoms with Crippen molar-refractivity contribution in [1.82, 2.24) is 4.90 Å². The fraction of sp³-hybridized carbons (Fsp3) is 0.500. The Balaban J connectivity index is 1.97. The third-order valence-corrected chi connectivity index (χ3v) is 3.46. The molecule has 1 aromatic carbocycles. The highest BCUT2D eigenvalue weighted by Crippen LogP contribution is 2.13. The van der Waals surface area contributed by atoms with E-state index in [1.807, 2.05) is 12.1 Å². The van der Waals surface area contributed by atoms with Crippen LogP contribution in [-0.4, -0.2) is 29.0 Å². The fourth-order valence-electron chi connectivity index (χ4n) is 2.39. The van der Waals surface area contributed by atoms with Gasteiger partial charge in [0.05, 0.1) is 0 Å². The van der Waals surface area contributed by atoms with Crippen LogP contribution in [0.5, 0.6) is 0 Å². The van der Waals surface area contributed by atoms with Crippen LogP contribution in [0.15, 0.2) is 29.4 Å². The van der Waals surface area contributed by atoms with Gasteiger partial charge in [-0.1, -0.05) is 42.3 Å². The summed E-state index contributed by atoms with van der Waals surface area (Å²) in [5.41, 5.74) is 7.58. The van der Waals surface area contributed by atoms with Gasteiger partial charge in [0.25, 0.3) is 0 Å². The van der Waals surface area contributed by atoms with Crippen molar-refractivity contribution in [2.45, 2.75) is 32.2 Å². The minimum Gasteiger partial charge on any atom is -0.409 e. The predicted octanol–water partition coefficient (Wildman–Crippen LogP) is 2.16. The monoisotopic (exact) mass is 247 g/mol. The van der Waals surface area contributed by atoms with Gasteiger partial charge in [-0.25, -0.2) is 0 Å². The maximum absolute atomic E-state index is 8.60. The highest BCUT2D eigenvalue weighted by Gasteiger charge is 2.09. The molecule has 1 fully saturated rings. The van der Waals surface area contributed by atoms with Gasteiger partial charge >= 0.3 is 0 Å². The van der Waals surface area contributed by atoms with Gasteiger partial charge in [0.2, 0.25) is 0 Å². The standard InChI is InChI=1S/C14H21N3O/c15-14(16-18)13-7-5-12(6-8-13)11-17-9-3-1-2-4-10-17/h5-8,18H,1-4,9-11H2,(H2,15,16). The van der Waals surface area contributed by atoms with Gasteiger partial charge in [0.15, 0.2) is 5.84 Å². The highest BCUT2D eigenvalue weighted by atomic mass is 16.4. The number of oxime groups is 1. The minimum atomic E-state index is 0.163. The van der Waals surface area contributed by atoms with E-state index in [0.717, 1.165) is 12.1 Å². The zero-order chi connectivity index (χ0) is 12.8. The van der Waals surface area contributed by atoms with Crippen molar-refractivity contribution in [2.24, 2.45) is 10.9 Å². The van der Waals surface area contributed by atoms with Crippen LogP contribution in [0.3, 0.4) is 0 Å². The van der Waals surface area contributed by atoms with Crippen LogP contribution in [0.4, 0.5) is 0 Å². The largest absolute Gasteiger partial charge is 0.409 e. The number of hydrogen-bond acceptors (Lipinski definition) is 3. The topological polar surface area (TPSA) is 61.9 Å². The van der Waals surface area contributed by atoms with E-state index in [9.17, 15) is 0 Å². The average molecular weight is 247 g/mol. The first kappa shape index (κ1) is 12.9. The summed E-state index contributed by atoms with van der Waals surface area (Å²) in [6, 6.07) is 7.92. The molecule has 0 spiro atoms. The van der Waals surface area contributed by atoms with E-state index in [2.05, 4.69) is 22.2 Å². The average Bonchev–Trinajstić information content (AvgIpc) is 2.67. The number of benzene rings is 1. The molecule has 98 valence electrons. The molecule has 0 unspecified atom stereocenters. The van der Waals surface area contributed by atoms with E-state index in [0.29, 0.717) is 0 Å². The van der Waals surface area contributed by atoms with Crippen LogP contribution < -0.4 is 5.73 Å². The Bertz CT molecular complexity index is 392. The number of nitrogens with two attached hydrogens (primary N) is 1. The van der Waals surface area contributed by atoms with Gasteiger partial charge in [0.1, 0.15) is 0 Å². The van der Waals surface area contributed by atoms with E-state index in [-0.39, 0.29) is 5.84 Å². The normalized spacial score (nSPS) is 18.6. The van der Waals surface area contributed by atoms with Crippen molar-refractivity contribution in [3.05, 3.63) is 35.4 Å². The van der Waals surface area contributed by atoms with Gasteiger partial charge in [-0.2, -0.15) is 0 Å². The molecule has 0 aliphatic carbocycles. The second-order valence-corrected chi connectivity index (χ2v) is 4.87. The van der Waals surface area contributed by atoms with Crippen molar-refractivity contribution in [2.75, 3.05) is 13.1 Å². The van der Waals surface area contributed by atoms with Crippen molar-refractivity contribution >= 4 is 5.84 Å². The van der Waals surface area contributed by atoms with Crippen molar-refractivity contribution in [1.29, 1.82) is 0 Å². The quantitative estimate of drug-likeness (QED) is 0.372. The van der Waals surface area contributed by atoms with E-state index >= 15 is 0 Å². The van der Waals surface area contributed by atoms with Crippen LogP contribution in [0.1, 0.15) is 36.8 Å². The highest BCUT2D eigenvalue weighted by molar-refractivity contribution is 5.96. The molecule has 2 rings (SSSR count). The molecule has 0 saturated carbocycles. The first-order valence-corrected chi connectivity index (χ1v) is 6.59. The lowest BCUT2D eigenvalue weighted by molar-refractivity contribution is 0.277. The third kappa shape index (κ3) is 3.47. The maximum atomic E-state index is 8.60. The van der Waals surface area contributed by atoms with Crippen molar-refractivity contribution in [3.63, 3.8) is 0 Å². The molecular formula is C14H21N3O. The van der Waals surface area contributed by atoms with Gasteiger partial charge in [-0.05, 0) is 31.5 Å². The Morgan fingerprint density at radius 1 is 1.11 bits per heavy atom. The molecule has 18 heavy (non-hydrogen) atoms. The maximum Gasteiger partial charge on any atom is 0.170 e. The summed E-state index contributed by atoms with van der Waals surface area (Å²) in [7, 11) is 0. The molecular weight excluding hydrogens is 226 g/mol. The number of likely N-dealkylation sites (tertiary alicyclic amines) is 1. The smallest absolute Gasteiger partial charge is 0.170 e. The Hall–Kier alpha value is -1.55. The number of nitrogens with zero attached hydrogens (tertiary/aromatic N) is 2. The molecule has 3 N–H and O–H groups in total. The number of amidine groups is 1. The summed E-state index contributed by atoms with van der Waals surface area (Å²) in [6.45, 7) is 3.39. The van der Waals surface area contributed by atoms with Crippen LogP contribution in [0.2, 0.25) is 0 Å². The van der Waals surface area contributed by atoms with Crippen LogP contribution in [0.25, 0.3) is 0 Å². The molecule has 0 bridgehead atoms. The molecule has 1 heterocycles. The summed E-state index contributed by atoms with van der Waals surface area (Å²) in [4.78, 5) is 2.51. The fourth-order valence-corrected chi connectivity index (χ4v) is 2.39. The van der Waals surface area contributed by atoms with E-state index in [4.69, 9.17) is 10.9 Å². The predicted molar refractivity (Wildman–Crippen MR) is 72.7 cm³/mol. The Labute approximate surface area is 108 Å². The molecule has 1 aromatic rings. The van der Waals surface area contributed by atoms with Crippen LogP contribution >= 0.6 is 0 Å². The molecule has 0 atom stereocenters. The first-order chi connectivity index (χ1) is 8.79. The number of rotatable bonds is 3. The lowest BCUT2D eigenvalue weighted by Gasteiger charge is -2.19. The zero-order valence-corrected chi connectivity index (χ0v) is 10.7. The van der Waals surface area contributed by atoms with Gasteiger partial charge < -0.3 is 10.9 Å². The zero-order valence-electron chi connectivity index (χ0n) is 10.7. The molecule has 0 amide bonds. The molecule has 0 aromatic heterocycles. The Morgan fingerprint density at radius 3 is 2.28 bits per heavy atom. The summed E-state index contributed by atoms with van der Waals surface area (Å²) in [6.07, 6.45) is 5.34. The van der Waals surface area contributed by atoms with Crippen molar-refractivity contribution < 1.29 is 5.21 Å². The molecule has 4 nitrogen and oxygen atoms in total. The van der Waals surface area contributed by atoms with Gasteiger partial charge in [-0.15, -0.1) is 0 Å². The summed E-state index contributed by atoms with van der Waals surface area (Å²) in [5, 5.41) is 11.6. The van der Waals surface area contributed by atoms with E-state index < -0.39 is 0 Å². The molecule has 1 aliphatic rings. The van der Waals surface area contributed by atoms with E-state index in [1.54, 1.807) is 0 Å². The first-order valence-electron chi connectivity index (χ1n) is 6.59. The van der Waals surface area contributed by atoms with Crippen molar-refractivity contribution in [3.8, 4) is 0 Å². The summed E-state index contributed by atoms with van der Waals surface area (Å²) in [5.74, 6) is 0.163. The summed E-state index contributed by atoms with van der Waals surface area (Å²) >= 11 is 0. The van der Waals surface area contributed by atoms with Gasteiger partial charge in [-0.3, -0.25) is 4.90 Å². The molecule has 1 saturated heterocycles. The SMILES string of the molecule is N/C(=N\O)c1ccc(CN2CCCCCC2)cc1. The van der Waals surface area contributed by atoms with E-state index in [1.165, 1.54) is 44.3 Å². The summed E-state index contributed by atoms with van der Waals surface area (Å²) < 4.78 is 0. The van der Waals surface area contributed by atoms with Crippen LogP contribution in [-0.2, 0) is 6.54 Å². The lowest BCUT2D eigenvalue weighted by Crippen LogP contribution is -2.24. The third-order valence-electron chi connectivity index (χ3n) is 3.46. The molecule has 0 radical (unpaired) electrons. The minimum absolute atomic E-state index is 0.163.